The van der Waals surface area contributed by atoms with Crippen LogP contribution < -0.4 is 10.1 Å². The number of amides is 1. The van der Waals surface area contributed by atoms with Gasteiger partial charge in [-0.1, -0.05) is 58.0 Å². The second kappa shape index (κ2) is 10.6. The van der Waals surface area contributed by atoms with Gasteiger partial charge in [-0.3, -0.25) is 9.59 Å². The summed E-state index contributed by atoms with van der Waals surface area (Å²) in [6.07, 6.45) is 0.0844. The fraction of sp³-hybridized carbons (Fsp3) is 0.417. The molecule has 2 aromatic rings. The normalized spacial score (nSPS) is 10.9. The predicted octanol–water partition coefficient (Wildman–Crippen LogP) is 5.19. The van der Waals surface area contributed by atoms with Gasteiger partial charge in [-0.15, -0.1) is 0 Å². The second-order valence-electron chi connectivity index (χ2n) is 7.74. The summed E-state index contributed by atoms with van der Waals surface area (Å²) in [5.74, 6) is 0.444. The van der Waals surface area contributed by atoms with E-state index in [0.717, 1.165) is 22.4 Å². The molecular formula is C24H31NO4. The smallest absolute Gasteiger partial charge is 0.309 e. The van der Waals surface area contributed by atoms with Gasteiger partial charge in [0.05, 0.1) is 13.0 Å². The molecule has 0 aliphatic rings. The van der Waals surface area contributed by atoms with Gasteiger partial charge >= 0.3 is 5.97 Å². The highest BCUT2D eigenvalue weighted by atomic mass is 16.5. The lowest BCUT2D eigenvalue weighted by Gasteiger charge is -2.20. The lowest BCUT2D eigenvalue weighted by molar-refractivity contribution is -0.147. The number of esters is 1. The van der Waals surface area contributed by atoms with Gasteiger partial charge in [-0.25, -0.2) is 0 Å². The third-order valence-electron chi connectivity index (χ3n) is 4.57. The molecule has 0 spiro atoms. The van der Waals surface area contributed by atoms with E-state index in [1.54, 1.807) is 0 Å². The van der Waals surface area contributed by atoms with E-state index in [4.69, 9.17) is 9.47 Å². The van der Waals surface area contributed by atoms with E-state index in [-0.39, 0.29) is 37.4 Å². The molecule has 0 aliphatic heterocycles. The van der Waals surface area contributed by atoms with Gasteiger partial charge in [0.1, 0.15) is 5.75 Å². The Morgan fingerprint density at radius 3 is 2.17 bits per heavy atom. The summed E-state index contributed by atoms with van der Waals surface area (Å²) in [6.45, 7) is 10.2. The van der Waals surface area contributed by atoms with Crippen LogP contribution in [0.4, 0.5) is 5.69 Å². The van der Waals surface area contributed by atoms with E-state index in [9.17, 15) is 9.59 Å². The van der Waals surface area contributed by atoms with Crippen LogP contribution in [0.1, 0.15) is 62.6 Å². The Labute approximate surface area is 173 Å². The first-order chi connectivity index (χ1) is 13.8. The number of nitrogens with one attached hydrogen (secondary N) is 1. The molecule has 0 radical (unpaired) electrons. The Kier molecular flexibility index (Phi) is 8.25. The maximum atomic E-state index is 12.4. The molecule has 1 N–H and O–H groups in total. The van der Waals surface area contributed by atoms with Crippen LogP contribution in [0.5, 0.6) is 5.75 Å². The number of hydrogen-bond acceptors (Lipinski definition) is 4. The molecule has 0 aromatic heterocycles. The summed E-state index contributed by atoms with van der Waals surface area (Å²) in [4.78, 5) is 24.3. The van der Waals surface area contributed by atoms with E-state index >= 15 is 0 Å². The summed E-state index contributed by atoms with van der Waals surface area (Å²) >= 11 is 0. The average molecular weight is 398 g/mol. The zero-order valence-corrected chi connectivity index (χ0v) is 18.0. The Morgan fingerprint density at radius 1 is 0.966 bits per heavy atom. The van der Waals surface area contributed by atoms with Crippen molar-refractivity contribution in [2.45, 2.75) is 52.9 Å². The first-order valence-corrected chi connectivity index (χ1v) is 10.1. The number of carbonyl (C=O) groups excluding carboxylic acids is 2. The molecule has 0 saturated carbocycles. The molecule has 0 unspecified atom stereocenters. The minimum absolute atomic E-state index is 0.0844. The quantitative estimate of drug-likeness (QED) is 0.591. The molecule has 29 heavy (non-hydrogen) atoms. The zero-order chi connectivity index (χ0) is 21.4. The standard InChI is InChI=1S/C24H31NO4/c1-16(2)20-10-7-11-21(17(3)4)24(20)25-22(26)15-29-23(27)12-13-28-19-9-6-8-18(5)14-19/h6-11,14,16-17H,12-13,15H2,1-5H3,(H,25,26). The van der Waals surface area contributed by atoms with Crippen molar-refractivity contribution >= 4 is 17.6 Å². The average Bonchev–Trinajstić information content (AvgIpc) is 2.66. The summed E-state index contributed by atoms with van der Waals surface area (Å²) in [7, 11) is 0. The molecule has 5 nitrogen and oxygen atoms in total. The monoisotopic (exact) mass is 397 g/mol. The van der Waals surface area contributed by atoms with E-state index in [0.29, 0.717) is 5.75 Å². The van der Waals surface area contributed by atoms with Gasteiger partial charge in [0.2, 0.25) is 0 Å². The molecule has 0 bridgehead atoms. The topological polar surface area (TPSA) is 64.6 Å². The molecule has 2 aromatic carbocycles. The Balaban J connectivity index is 1.86. The van der Waals surface area contributed by atoms with Crippen LogP contribution in [0.25, 0.3) is 0 Å². The van der Waals surface area contributed by atoms with Crippen molar-refractivity contribution in [2.24, 2.45) is 0 Å². The van der Waals surface area contributed by atoms with Gasteiger partial charge in [-0.05, 0) is 47.6 Å². The number of rotatable bonds is 9. The van der Waals surface area contributed by atoms with Crippen LogP contribution in [0.15, 0.2) is 42.5 Å². The van der Waals surface area contributed by atoms with Crippen LogP contribution in [0.3, 0.4) is 0 Å². The molecule has 0 aliphatic carbocycles. The highest BCUT2D eigenvalue weighted by Crippen LogP contribution is 2.32. The van der Waals surface area contributed by atoms with E-state index in [1.807, 2.05) is 49.4 Å². The van der Waals surface area contributed by atoms with Gasteiger partial charge in [0, 0.05) is 5.69 Å². The van der Waals surface area contributed by atoms with Crippen molar-refractivity contribution < 1.29 is 19.1 Å². The highest BCUT2D eigenvalue weighted by molar-refractivity contribution is 5.94. The van der Waals surface area contributed by atoms with Crippen LogP contribution in [0.2, 0.25) is 0 Å². The molecule has 156 valence electrons. The number of hydrogen-bond donors (Lipinski definition) is 1. The fourth-order valence-corrected chi connectivity index (χ4v) is 3.05. The second-order valence-corrected chi connectivity index (χ2v) is 7.74. The van der Waals surface area contributed by atoms with Crippen molar-refractivity contribution in [2.75, 3.05) is 18.5 Å². The van der Waals surface area contributed by atoms with Gasteiger partial charge in [0.25, 0.3) is 5.91 Å². The van der Waals surface area contributed by atoms with Crippen molar-refractivity contribution in [1.29, 1.82) is 0 Å². The Hall–Kier alpha value is -2.82. The largest absolute Gasteiger partial charge is 0.493 e. The third-order valence-corrected chi connectivity index (χ3v) is 4.57. The molecule has 2 rings (SSSR count). The van der Waals surface area contributed by atoms with Crippen molar-refractivity contribution in [3.05, 3.63) is 59.2 Å². The van der Waals surface area contributed by atoms with Gasteiger partial charge in [-0.2, -0.15) is 0 Å². The fourth-order valence-electron chi connectivity index (χ4n) is 3.05. The summed E-state index contributed by atoms with van der Waals surface area (Å²) < 4.78 is 10.7. The number of benzene rings is 2. The summed E-state index contributed by atoms with van der Waals surface area (Å²) in [5, 5.41) is 2.94. The van der Waals surface area contributed by atoms with Crippen molar-refractivity contribution in [1.82, 2.24) is 0 Å². The van der Waals surface area contributed by atoms with E-state index in [2.05, 4.69) is 33.0 Å². The van der Waals surface area contributed by atoms with Crippen LogP contribution in [-0.4, -0.2) is 25.1 Å². The molecule has 0 heterocycles. The molecule has 0 atom stereocenters. The number of anilines is 1. The van der Waals surface area contributed by atoms with Gasteiger partial charge < -0.3 is 14.8 Å². The lowest BCUT2D eigenvalue weighted by Crippen LogP contribution is -2.23. The lowest BCUT2D eigenvalue weighted by atomic mass is 9.92. The third kappa shape index (κ3) is 6.93. The number of ether oxygens (including phenoxy) is 2. The SMILES string of the molecule is Cc1cccc(OCCC(=O)OCC(=O)Nc2c(C(C)C)cccc2C(C)C)c1. The van der Waals surface area contributed by atoms with E-state index < -0.39 is 5.97 Å². The number of aryl methyl sites for hydroxylation is 1. The van der Waals surface area contributed by atoms with Crippen LogP contribution >= 0.6 is 0 Å². The number of carbonyl (C=O) groups is 2. The van der Waals surface area contributed by atoms with Crippen molar-refractivity contribution in [3.8, 4) is 5.75 Å². The Morgan fingerprint density at radius 2 is 1.59 bits per heavy atom. The number of para-hydroxylation sites is 1. The molecular weight excluding hydrogens is 366 g/mol. The first kappa shape index (κ1) is 22.5. The molecule has 1 amide bonds. The molecule has 0 fully saturated rings. The maximum Gasteiger partial charge on any atom is 0.309 e. The van der Waals surface area contributed by atoms with Crippen LogP contribution in [-0.2, 0) is 14.3 Å². The minimum Gasteiger partial charge on any atom is -0.493 e. The Bertz CT molecular complexity index is 816. The van der Waals surface area contributed by atoms with E-state index in [1.165, 1.54) is 0 Å². The molecule has 0 saturated heterocycles. The predicted molar refractivity (Wildman–Crippen MR) is 115 cm³/mol. The highest BCUT2D eigenvalue weighted by Gasteiger charge is 2.16. The van der Waals surface area contributed by atoms with Crippen LogP contribution in [0, 0.1) is 6.92 Å². The van der Waals surface area contributed by atoms with Gasteiger partial charge in [0.15, 0.2) is 6.61 Å². The van der Waals surface area contributed by atoms with Crippen molar-refractivity contribution in [3.63, 3.8) is 0 Å². The zero-order valence-electron chi connectivity index (χ0n) is 18.0. The molecule has 5 heteroatoms. The minimum atomic E-state index is -0.464. The summed E-state index contributed by atoms with van der Waals surface area (Å²) in [6, 6.07) is 13.6. The maximum absolute atomic E-state index is 12.4. The summed E-state index contributed by atoms with van der Waals surface area (Å²) in [5.41, 5.74) is 4.05. The first-order valence-electron chi connectivity index (χ1n) is 10.1.